The third kappa shape index (κ3) is 4.26. The van der Waals surface area contributed by atoms with Gasteiger partial charge in [-0.25, -0.2) is 0 Å². The number of rotatable bonds is 4. The number of nitro benzene ring substituents is 1. The molecule has 8 nitrogen and oxygen atoms in total. The maximum Gasteiger partial charge on any atom is 0.293 e. The van der Waals surface area contributed by atoms with E-state index in [2.05, 4.69) is 5.32 Å². The van der Waals surface area contributed by atoms with E-state index in [4.69, 9.17) is 12.2 Å². The monoisotopic (exact) mass is 486 g/mol. The van der Waals surface area contributed by atoms with Crippen LogP contribution in [0.15, 0.2) is 66.2 Å². The van der Waals surface area contributed by atoms with Crippen LogP contribution in [0.5, 0.6) is 0 Å². The van der Waals surface area contributed by atoms with E-state index in [1.54, 1.807) is 18.2 Å². The van der Waals surface area contributed by atoms with Gasteiger partial charge in [0.25, 0.3) is 17.5 Å². The third-order valence-corrected chi connectivity index (χ3v) is 6.60. The van der Waals surface area contributed by atoms with Gasteiger partial charge in [-0.05, 0) is 60.6 Å². The Hall–Kier alpha value is -4.11. The first-order chi connectivity index (χ1) is 16.9. The van der Waals surface area contributed by atoms with Gasteiger partial charge in [-0.3, -0.25) is 29.9 Å². The number of hydrogen-bond donors (Lipinski definition) is 1. The van der Waals surface area contributed by atoms with Crippen molar-refractivity contribution in [3.63, 3.8) is 0 Å². The van der Waals surface area contributed by atoms with E-state index in [0.29, 0.717) is 16.9 Å². The van der Waals surface area contributed by atoms with Crippen LogP contribution in [0, 0.1) is 10.1 Å². The molecule has 2 aliphatic heterocycles. The number of piperidine rings is 1. The van der Waals surface area contributed by atoms with Crippen molar-refractivity contribution in [1.82, 2.24) is 5.32 Å². The van der Waals surface area contributed by atoms with E-state index in [9.17, 15) is 19.7 Å². The van der Waals surface area contributed by atoms with Crippen molar-refractivity contribution >= 4 is 63.1 Å². The van der Waals surface area contributed by atoms with Gasteiger partial charge in [-0.15, -0.1) is 0 Å². The summed E-state index contributed by atoms with van der Waals surface area (Å²) in [5.41, 5.74) is 1.30. The molecule has 2 saturated heterocycles. The zero-order chi connectivity index (χ0) is 24.5. The van der Waals surface area contributed by atoms with E-state index in [-0.39, 0.29) is 16.4 Å². The van der Waals surface area contributed by atoms with Gasteiger partial charge < -0.3 is 4.90 Å². The number of carbonyl (C=O) groups excluding carboxylic acids is 2. The van der Waals surface area contributed by atoms with Crippen LogP contribution in [0.4, 0.5) is 17.1 Å². The van der Waals surface area contributed by atoms with Gasteiger partial charge in [0, 0.05) is 24.5 Å². The highest BCUT2D eigenvalue weighted by Gasteiger charge is 2.35. The Labute approximate surface area is 207 Å². The third-order valence-electron chi connectivity index (χ3n) is 6.31. The molecule has 2 heterocycles. The molecule has 9 heteroatoms. The second-order valence-electron chi connectivity index (χ2n) is 8.51. The Morgan fingerprint density at radius 1 is 0.943 bits per heavy atom. The van der Waals surface area contributed by atoms with Crippen LogP contribution in [0.3, 0.4) is 0 Å². The zero-order valence-electron chi connectivity index (χ0n) is 18.8. The summed E-state index contributed by atoms with van der Waals surface area (Å²) in [5, 5.41) is 16.1. The topological polar surface area (TPSA) is 95.8 Å². The largest absolute Gasteiger partial charge is 0.366 e. The molecule has 5 rings (SSSR count). The molecule has 2 aliphatic rings. The summed E-state index contributed by atoms with van der Waals surface area (Å²) in [6, 6.07) is 17.9. The van der Waals surface area contributed by atoms with Crippen LogP contribution in [0.1, 0.15) is 24.8 Å². The highest BCUT2D eigenvalue weighted by atomic mass is 32.1. The second-order valence-corrected chi connectivity index (χ2v) is 8.90. The number of carbonyl (C=O) groups is 2. The van der Waals surface area contributed by atoms with E-state index in [1.807, 2.05) is 41.3 Å². The Morgan fingerprint density at radius 2 is 1.69 bits per heavy atom. The highest BCUT2D eigenvalue weighted by Crippen LogP contribution is 2.33. The van der Waals surface area contributed by atoms with Crippen molar-refractivity contribution in [1.29, 1.82) is 0 Å². The summed E-state index contributed by atoms with van der Waals surface area (Å²) >= 11 is 5.34. The summed E-state index contributed by atoms with van der Waals surface area (Å²) < 4.78 is 0. The molecule has 2 amide bonds. The van der Waals surface area contributed by atoms with Crippen LogP contribution in [0.25, 0.3) is 16.8 Å². The number of benzene rings is 3. The first kappa shape index (κ1) is 22.7. The van der Waals surface area contributed by atoms with E-state index >= 15 is 0 Å². The highest BCUT2D eigenvalue weighted by molar-refractivity contribution is 7.80. The first-order valence-electron chi connectivity index (χ1n) is 11.4. The Bertz CT molecular complexity index is 1410. The second kappa shape index (κ2) is 9.27. The molecule has 0 saturated carbocycles. The summed E-state index contributed by atoms with van der Waals surface area (Å²) in [5.74, 6) is -1.22. The molecule has 3 aromatic carbocycles. The maximum atomic E-state index is 13.5. The fourth-order valence-electron chi connectivity index (χ4n) is 4.62. The number of fused-ring (bicyclic) bond motifs is 1. The van der Waals surface area contributed by atoms with Crippen molar-refractivity contribution in [3.8, 4) is 0 Å². The average Bonchev–Trinajstić information content (AvgIpc) is 2.87. The van der Waals surface area contributed by atoms with Crippen molar-refractivity contribution in [3.05, 3.63) is 81.9 Å². The normalized spacial score (nSPS) is 17.7. The lowest BCUT2D eigenvalue weighted by atomic mass is 10.0. The smallest absolute Gasteiger partial charge is 0.293 e. The fourth-order valence-corrected chi connectivity index (χ4v) is 4.90. The molecule has 0 unspecified atom stereocenters. The predicted molar refractivity (Wildman–Crippen MR) is 139 cm³/mol. The van der Waals surface area contributed by atoms with E-state index in [0.717, 1.165) is 43.1 Å². The van der Waals surface area contributed by atoms with Crippen LogP contribution in [0.2, 0.25) is 0 Å². The van der Waals surface area contributed by atoms with Crippen molar-refractivity contribution < 1.29 is 14.5 Å². The molecule has 0 aromatic heterocycles. The molecule has 176 valence electrons. The Balaban J connectivity index is 1.54. The SMILES string of the molecule is O=C1NC(=S)N(c2cccc3ccccc23)C(=O)C1=Cc1ccc(N2CCCCC2)c([N+](=O)[O-])c1. The summed E-state index contributed by atoms with van der Waals surface area (Å²) in [7, 11) is 0. The molecule has 0 aliphatic carbocycles. The molecule has 2 fully saturated rings. The number of nitrogens with zero attached hydrogens (tertiary/aromatic N) is 3. The Morgan fingerprint density at radius 3 is 2.46 bits per heavy atom. The molecule has 0 bridgehead atoms. The summed E-state index contributed by atoms with van der Waals surface area (Å²) in [6.07, 6.45) is 4.47. The number of anilines is 2. The van der Waals surface area contributed by atoms with Gasteiger partial charge >= 0.3 is 0 Å². The van der Waals surface area contributed by atoms with Crippen molar-refractivity contribution in [2.24, 2.45) is 0 Å². The van der Waals surface area contributed by atoms with E-state index < -0.39 is 16.7 Å². The minimum Gasteiger partial charge on any atom is -0.366 e. The molecule has 35 heavy (non-hydrogen) atoms. The van der Waals surface area contributed by atoms with Gasteiger partial charge in [0.2, 0.25) is 0 Å². The molecular formula is C26H22N4O4S. The fraction of sp³-hybridized carbons (Fsp3) is 0.192. The van der Waals surface area contributed by atoms with Crippen LogP contribution < -0.4 is 15.1 Å². The predicted octanol–water partition coefficient (Wildman–Crippen LogP) is 4.57. The minimum atomic E-state index is -0.640. The lowest BCUT2D eigenvalue weighted by molar-refractivity contribution is -0.384. The molecule has 0 spiro atoms. The first-order valence-corrected chi connectivity index (χ1v) is 11.8. The summed E-state index contributed by atoms with van der Waals surface area (Å²) in [4.78, 5) is 40.9. The van der Waals surface area contributed by atoms with Gasteiger partial charge in [-0.2, -0.15) is 0 Å². The number of thiocarbonyl (C=S) groups is 1. The number of amides is 2. The van der Waals surface area contributed by atoms with Gasteiger partial charge in [0.05, 0.1) is 10.6 Å². The average molecular weight is 487 g/mol. The molecule has 0 radical (unpaired) electrons. The minimum absolute atomic E-state index is 0.0140. The quantitative estimate of drug-likeness (QED) is 0.191. The molecule has 3 aromatic rings. The number of hydrogen-bond acceptors (Lipinski definition) is 6. The van der Waals surface area contributed by atoms with Crippen molar-refractivity contribution in [2.75, 3.05) is 22.9 Å². The van der Waals surface area contributed by atoms with Gasteiger partial charge in [-0.1, -0.05) is 42.5 Å². The summed E-state index contributed by atoms with van der Waals surface area (Å²) in [6.45, 7) is 1.53. The maximum absolute atomic E-state index is 13.5. The molecule has 1 N–H and O–H groups in total. The molecule has 0 atom stereocenters. The van der Waals surface area contributed by atoms with E-state index in [1.165, 1.54) is 17.0 Å². The van der Waals surface area contributed by atoms with Crippen LogP contribution >= 0.6 is 12.2 Å². The standard InChI is InChI=1S/C26H22N4O4S/c31-24-20(15-17-11-12-22(23(16-17)30(33)34)28-13-4-1-5-14-28)25(32)29(26(35)27-24)21-10-6-8-18-7-2-3-9-19(18)21/h2-3,6-12,15-16H,1,4-5,13-14H2,(H,27,31,35). The lowest BCUT2D eigenvalue weighted by Crippen LogP contribution is -2.54. The van der Waals surface area contributed by atoms with Crippen LogP contribution in [-0.2, 0) is 9.59 Å². The van der Waals surface area contributed by atoms with Crippen LogP contribution in [-0.4, -0.2) is 34.9 Å². The van der Waals surface area contributed by atoms with Gasteiger partial charge in [0.1, 0.15) is 11.3 Å². The molecular weight excluding hydrogens is 464 g/mol. The zero-order valence-corrected chi connectivity index (χ0v) is 19.6. The number of nitro groups is 1. The van der Waals surface area contributed by atoms with Crippen molar-refractivity contribution in [2.45, 2.75) is 19.3 Å². The lowest BCUT2D eigenvalue weighted by Gasteiger charge is -2.30. The number of nitrogens with one attached hydrogen (secondary N) is 1. The Kier molecular flexibility index (Phi) is 6.00. The van der Waals surface area contributed by atoms with Gasteiger partial charge in [0.15, 0.2) is 5.11 Å².